The summed E-state index contributed by atoms with van der Waals surface area (Å²) < 4.78 is 7.06. The van der Waals surface area contributed by atoms with Crippen molar-refractivity contribution in [1.82, 2.24) is 15.1 Å². The summed E-state index contributed by atoms with van der Waals surface area (Å²) in [5, 5.41) is 10.2. The summed E-state index contributed by atoms with van der Waals surface area (Å²) in [6.45, 7) is 7.39. The Morgan fingerprint density at radius 1 is 1.26 bits per heavy atom. The normalized spacial score (nSPS) is 11.1. The summed E-state index contributed by atoms with van der Waals surface area (Å²) >= 11 is 0. The van der Waals surface area contributed by atoms with E-state index in [1.54, 1.807) is 6.20 Å². The molecule has 124 valence electrons. The molecular formula is C17H24N4O2. The zero-order valence-electron chi connectivity index (χ0n) is 13.9. The molecule has 1 amide bonds. The average molecular weight is 316 g/mol. The predicted molar refractivity (Wildman–Crippen MR) is 90.5 cm³/mol. The van der Waals surface area contributed by atoms with Crippen LogP contribution in [0.15, 0.2) is 42.7 Å². The highest BCUT2D eigenvalue weighted by Gasteiger charge is 2.15. The number of benzene rings is 1. The molecule has 0 aliphatic carbocycles. The van der Waals surface area contributed by atoms with Crippen molar-refractivity contribution in [2.75, 3.05) is 18.4 Å². The van der Waals surface area contributed by atoms with Crippen LogP contribution in [0.2, 0.25) is 0 Å². The van der Waals surface area contributed by atoms with Crippen LogP contribution < -0.4 is 10.6 Å². The topological polar surface area (TPSA) is 68.2 Å². The van der Waals surface area contributed by atoms with Crippen molar-refractivity contribution in [1.29, 1.82) is 0 Å². The largest absolute Gasteiger partial charge is 0.444 e. The van der Waals surface area contributed by atoms with Gasteiger partial charge in [-0.05, 0) is 44.5 Å². The number of hydrogen-bond donors (Lipinski definition) is 2. The first-order valence-electron chi connectivity index (χ1n) is 7.69. The van der Waals surface area contributed by atoms with Crippen molar-refractivity contribution >= 4 is 11.8 Å². The predicted octanol–water partition coefficient (Wildman–Crippen LogP) is 2.87. The van der Waals surface area contributed by atoms with E-state index in [4.69, 9.17) is 4.74 Å². The molecule has 2 N–H and O–H groups in total. The van der Waals surface area contributed by atoms with Gasteiger partial charge >= 0.3 is 6.09 Å². The van der Waals surface area contributed by atoms with Crippen molar-refractivity contribution in [3.8, 4) is 0 Å². The maximum atomic E-state index is 11.5. The molecule has 0 aliphatic heterocycles. The average Bonchev–Trinajstić information content (AvgIpc) is 2.95. The van der Waals surface area contributed by atoms with Gasteiger partial charge in [0.05, 0.1) is 6.54 Å². The first-order chi connectivity index (χ1) is 10.9. The second-order valence-electron chi connectivity index (χ2n) is 6.26. The fourth-order valence-corrected chi connectivity index (χ4v) is 2.05. The molecule has 0 saturated carbocycles. The molecule has 2 rings (SSSR count). The standard InChI is InChI=1S/C17H24N4O2/c1-17(2,3)23-16(22)19-10-9-18-15-7-4-6-14(12-15)13-21-11-5-8-20-21/h4-8,11-12,18H,9-10,13H2,1-3H3,(H,19,22). The summed E-state index contributed by atoms with van der Waals surface area (Å²) in [5.41, 5.74) is 1.71. The molecule has 2 aromatic rings. The Morgan fingerprint density at radius 2 is 2.09 bits per heavy atom. The Balaban J connectivity index is 1.74. The number of carbonyl (C=O) groups excluding carboxylic acids is 1. The van der Waals surface area contributed by atoms with E-state index in [1.165, 1.54) is 5.56 Å². The van der Waals surface area contributed by atoms with Gasteiger partial charge in [-0.3, -0.25) is 4.68 Å². The molecule has 6 heteroatoms. The van der Waals surface area contributed by atoms with E-state index in [0.717, 1.165) is 12.2 Å². The fraction of sp³-hybridized carbons (Fsp3) is 0.412. The van der Waals surface area contributed by atoms with Crippen molar-refractivity contribution in [2.24, 2.45) is 0 Å². The lowest BCUT2D eigenvalue weighted by molar-refractivity contribution is 0.0530. The van der Waals surface area contributed by atoms with Crippen LogP contribution in [0.25, 0.3) is 0 Å². The second kappa shape index (κ2) is 7.67. The number of ether oxygens (including phenoxy) is 1. The van der Waals surface area contributed by atoms with Crippen molar-refractivity contribution < 1.29 is 9.53 Å². The second-order valence-corrected chi connectivity index (χ2v) is 6.26. The zero-order chi connectivity index (χ0) is 16.7. The number of alkyl carbamates (subject to hydrolysis) is 1. The first-order valence-corrected chi connectivity index (χ1v) is 7.69. The van der Waals surface area contributed by atoms with Gasteiger partial charge in [0, 0.05) is 31.2 Å². The third kappa shape index (κ3) is 6.42. The maximum Gasteiger partial charge on any atom is 0.407 e. The quantitative estimate of drug-likeness (QED) is 0.804. The number of hydrogen-bond acceptors (Lipinski definition) is 4. The monoisotopic (exact) mass is 316 g/mol. The van der Waals surface area contributed by atoms with Gasteiger partial charge < -0.3 is 15.4 Å². The minimum absolute atomic E-state index is 0.397. The van der Waals surface area contributed by atoms with Gasteiger partial charge in [-0.2, -0.15) is 5.10 Å². The van der Waals surface area contributed by atoms with E-state index in [0.29, 0.717) is 13.1 Å². The molecule has 0 spiro atoms. The Labute approximate surface area is 136 Å². The Kier molecular flexibility index (Phi) is 5.62. The van der Waals surface area contributed by atoms with Gasteiger partial charge in [-0.1, -0.05) is 12.1 Å². The minimum atomic E-state index is -0.474. The summed E-state index contributed by atoms with van der Waals surface area (Å²) in [5.74, 6) is 0. The first kappa shape index (κ1) is 16.9. The number of nitrogens with zero attached hydrogens (tertiary/aromatic N) is 2. The van der Waals surface area contributed by atoms with Crippen LogP contribution in [0.1, 0.15) is 26.3 Å². The summed E-state index contributed by atoms with van der Waals surface area (Å²) in [7, 11) is 0. The lowest BCUT2D eigenvalue weighted by Gasteiger charge is -2.19. The molecule has 0 bridgehead atoms. The molecule has 0 saturated heterocycles. The SMILES string of the molecule is CC(C)(C)OC(=O)NCCNc1cccc(Cn2cccn2)c1. The maximum absolute atomic E-state index is 11.5. The van der Waals surface area contributed by atoms with Gasteiger partial charge in [0.1, 0.15) is 5.60 Å². The van der Waals surface area contributed by atoms with E-state index >= 15 is 0 Å². The van der Waals surface area contributed by atoms with Gasteiger partial charge in [-0.25, -0.2) is 4.79 Å². The van der Waals surface area contributed by atoms with Crippen LogP contribution in [-0.2, 0) is 11.3 Å². The zero-order valence-corrected chi connectivity index (χ0v) is 13.9. The van der Waals surface area contributed by atoms with Crippen LogP contribution in [0.3, 0.4) is 0 Å². The van der Waals surface area contributed by atoms with Crippen LogP contribution in [-0.4, -0.2) is 34.6 Å². The van der Waals surface area contributed by atoms with E-state index in [-0.39, 0.29) is 0 Å². The number of aromatic nitrogens is 2. The van der Waals surface area contributed by atoms with Gasteiger partial charge in [0.2, 0.25) is 0 Å². The molecule has 1 aromatic heterocycles. The van der Waals surface area contributed by atoms with E-state index in [2.05, 4.69) is 27.9 Å². The van der Waals surface area contributed by atoms with Crippen molar-refractivity contribution in [3.63, 3.8) is 0 Å². The lowest BCUT2D eigenvalue weighted by Crippen LogP contribution is -2.35. The molecule has 0 unspecified atom stereocenters. The highest BCUT2D eigenvalue weighted by Crippen LogP contribution is 2.11. The van der Waals surface area contributed by atoms with Gasteiger partial charge in [0.25, 0.3) is 0 Å². The van der Waals surface area contributed by atoms with Crippen LogP contribution in [0, 0.1) is 0 Å². The molecule has 0 radical (unpaired) electrons. The lowest BCUT2D eigenvalue weighted by atomic mass is 10.2. The number of rotatable bonds is 6. The van der Waals surface area contributed by atoms with E-state index in [1.807, 2.05) is 49.8 Å². The number of carbonyl (C=O) groups is 1. The third-order valence-electron chi connectivity index (χ3n) is 2.95. The summed E-state index contributed by atoms with van der Waals surface area (Å²) in [6.07, 6.45) is 3.31. The van der Waals surface area contributed by atoms with Gasteiger partial charge in [0.15, 0.2) is 0 Å². The minimum Gasteiger partial charge on any atom is -0.444 e. The number of amides is 1. The van der Waals surface area contributed by atoms with Gasteiger partial charge in [-0.15, -0.1) is 0 Å². The summed E-state index contributed by atoms with van der Waals surface area (Å²) in [4.78, 5) is 11.5. The summed E-state index contributed by atoms with van der Waals surface area (Å²) in [6, 6.07) is 10.0. The Bertz CT molecular complexity index is 618. The molecule has 1 heterocycles. The van der Waals surface area contributed by atoms with Crippen LogP contribution in [0.5, 0.6) is 0 Å². The highest BCUT2D eigenvalue weighted by atomic mass is 16.6. The fourth-order valence-electron chi connectivity index (χ4n) is 2.05. The van der Waals surface area contributed by atoms with Crippen LogP contribution in [0.4, 0.5) is 10.5 Å². The molecule has 23 heavy (non-hydrogen) atoms. The molecule has 6 nitrogen and oxygen atoms in total. The molecule has 0 fully saturated rings. The smallest absolute Gasteiger partial charge is 0.407 e. The Hall–Kier alpha value is -2.50. The third-order valence-corrected chi connectivity index (χ3v) is 2.95. The van der Waals surface area contributed by atoms with Crippen molar-refractivity contribution in [3.05, 3.63) is 48.3 Å². The number of nitrogens with one attached hydrogen (secondary N) is 2. The van der Waals surface area contributed by atoms with E-state index in [9.17, 15) is 4.79 Å². The molecular weight excluding hydrogens is 292 g/mol. The highest BCUT2D eigenvalue weighted by molar-refractivity contribution is 5.67. The molecule has 0 atom stereocenters. The Morgan fingerprint density at radius 3 is 2.78 bits per heavy atom. The molecule has 1 aromatic carbocycles. The van der Waals surface area contributed by atoms with E-state index < -0.39 is 11.7 Å². The van der Waals surface area contributed by atoms with Crippen molar-refractivity contribution in [2.45, 2.75) is 32.9 Å². The number of anilines is 1. The van der Waals surface area contributed by atoms with Crippen LogP contribution >= 0.6 is 0 Å². The molecule has 0 aliphatic rings.